The van der Waals surface area contributed by atoms with Crippen molar-refractivity contribution in [2.45, 2.75) is 0 Å². The van der Waals surface area contributed by atoms with Crippen molar-refractivity contribution in [3.63, 3.8) is 0 Å². The predicted octanol–water partition coefficient (Wildman–Crippen LogP) is -0.374. The second kappa shape index (κ2) is 3.92. The van der Waals surface area contributed by atoms with Gasteiger partial charge in [0.1, 0.15) is 11.7 Å². The van der Waals surface area contributed by atoms with Gasteiger partial charge in [-0.3, -0.25) is 0 Å². The number of carbonyl (C=O) groups is 1. The summed E-state index contributed by atoms with van der Waals surface area (Å²) in [5.74, 6) is 0. The van der Waals surface area contributed by atoms with Crippen LogP contribution in [0, 0.1) is 0 Å². The summed E-state index contributed by atoms with van der Waals surface area (Å²) in [6, 6.07) is -0.743. The van der Waals surface area contributed by atoms with Crippen LogP contribution in [0.5, 0.6) is 0 Å². The van der Waals surface area contributed by atoms with Crippen molar-refractivity contribution < 1.29 is 14.5 Å². The van der Waals surface area contributed by atoms with Gasteiger partial charge in [0.25, 0.3) is 0 Å². The monoisotopic (exact) mass is 175 g/mol. The molecule has 0 aromatic carbocycles. The lowest BCUT2D eigenvalue weighted by Gasteiger charge is -2.06. The van der Waals surface area contributed by atoms with E-state index in [0.29, 0.717) is 13.8 Å². The molecule has 0 aromatic rings. The van der Waals surface area contributed by atoms with Gasteiger partial charge in [0.05, 0.1) is 8.35 Å². The zero-order valence-electron chi connectivity index (χ0n) is 5.40. The number of hydroxylamine groups is 1. The molecule has 0 unspecified atom stereocenters. The molecule has 1 rings (SSSR count). The molecule has 0 fully saturated rings. The number of nitrogens with one attached hydrogen (secondary N) is 2. The van der Waals surface area contributed by atoms with Gasteiger partial charge in [-0.05, 0) is 0 Å². The fourth-order valence-electron chi connectivity index (χ4n) is 0.391. The summed E-state index contributed by atoms with van der Waals surface area (Å²) in [5, 5.41) is 2.49. The summed E-state index contributed by atoms with van der Waals surface area (Å²) in [5.41, 5.74) is 7.20. The van der Waals surface area contributed by atoms with Gasteiger partial charge in [0, 0.05) is 6.08 Å². The zero-order valence-corrected chi connectivity index (χ0v) is 6.30. The van der Waals surface area contributed by atoms with Gasteiger partial charge in [-0.1, -0.05) is 0 Å². The van der Waals surface area contributed by atoms with E-state index in [0.717, 1.165) is 0 Å². The zero-order chi connectivity index (χ0) is 8.10. The third-order valence-corrected chi connectivity index (χ3v) is 1.40. The Morgan fingerprint density at radius 3 is 3.27 bits per heavy atom. The third kappa shape index (κ3) is 2.99. The van der Waals surface area contributed by atoms with Gasteiger partial charge < -0.3 is 10.6 Å². The molecule has 0 atom stereocenters. The molecule has 11 heavy (non-hydrogen) atoms. The molecule has 0 aliphatic carbocycles. The number of primary amides is 1. The van der Waals surface area contributed by atoms with Crippen molar-refractivity contribution in [3.05, 3.63) is 12.3 Å². The minimum Gasteiger partial charge on any atom is -0.408 e. The number of hydrogen-bond acceptors (Lipinski definition) is 4. The van der Waals surface area contributed by atoms with Crippen LogP contribution in [0.4, 0.5) is 4.79 Å². The molecule has 0 aromatic heterocycles. The highest BCUT2D eigenvalue weighted by molar-refractivity contribution is 7.38. The van der Waals surface area contributed by atoms with Crippen LogP contribution in [0.15, 0.2) is 12.3 Å². The molecular formula is C4H6N3O3P. The molecule has 2 amide bonds. The first-order chi connectivity index (χ1) is 5.29. The molecule has 1 aliphatic heterocycles. The summed E-state index contributed by atoms with van der Waals surface area (Å²) in [7, 11) is 0.614. The number of rotatable bonds is 2. The Bertz CT molecular complexity index is 215. The molecule has 4 N–H and O–H groups in total. The van der Waals surface area contributed by atoms with E-state index < -0.39 is 6.03 Å². The number of amides is 2. The maximum atomic E-state index is 10.1. The van der Waals surface area contributed by atoms with Gasteiger partial charge >= 0.3 is 6.03 Å². The fourth-order valence-corrected chi connectivity index (χ4v) is 0.821. The first-order valence-corrected chi connectivity index (χ1v) is 3.55. The second-order valence-corrected chi connectivity index (χ2v) is 2.38. The van der Waals surface area contributed by atoms with E-state index in [9.17, 15) is 4.79 Å². The van der Waals surface area contributed by atoms with Crippen molar-refractivity contribution in [1.29, 1.82) is 0 Å². The third-order valence-electron chi connectivity index (χ3n) is 0.743. The summed E-state index contributed by atoms with van der Waals surface area (Å²) >= 11 is 0. The molecule has 1 heterocycles. The lowest BCUT2D eigenvalue weighted by atomic mass is 10.7. The Morgan fingerprint density at radius 1 is 1.91 bits per heavy atom. The van der Waals surface area contributed by atoms with Crippen molar-refractivity contribution >= 4 is 19.9 Å². The highest BCUT2D eigenvalue weighted by atomic mass is 31.1. The molecule has 0 spiro atoms. The Morgan fingerprint density at radius 2 is 2.73 bits per heavy atom. The summed E-state index contributed by atoms with van der Waals surface area (Å²) in [6.45, 7) is 0. The number of carbonyl (C=O) groups excluding carboxylic acids is 1. The predicted molar refractivity (Wildman–Crippen MR) is 39.1 cm³/mol. The minimum absolute atomic E-state index is 0.495. The smallest absolute Gasteiger partial charge is 0.336 e. The molecule has 0 saturated heterocycles. The number of nitrogens with two attached hydrogens (primary N) is 1. The molecule has 7 heteroatoms. The van der Waals surface area contributed by atoms with Crippen molar-refractivity contribution in [3.8, 4) is 0 Å². The summed E-state index contributed by atoms with van der Waals surface area (Å²) in [4.78, 5) is 19.4. The first-order valence-electron chi connectivity index (χ1n) is 2.66. The van der Waals surface area contributed by atoms with Crippen LogP contribution >= 0.6 is 8.35 Å². The highest BCUT2D eigenvalue weighted by Gasteiger charge is 1.99. The van der Waals surface area contributed by atoms with Crippen LogP contribution in [0.3, 0.4) is 0 Å². The van der Waals surface area contributed by atoms with E-state index in [1.54, 1.807) is 6.08 Å². The van der Waals surface area contributed by atoms with Gasteiger partial charge in [0.15, 0.2) is 0 Å². The van der Waals surface area contributed by atoms with E-state index in [2.05, 4.69) is 10.1 Å². The summed E-state index contributed by atoms with van der Waals surface area (Å²) < 4.78 is 0. The maximum Gasteiger partial charge on any atom is 0.336 e. The van der Waals surface area contributed by atoms with Crippen LogP contribution < -0.4 is 16.5 Å². The molecule has 0 saturated carbocycles. The lowest BCUT2D eigenvalue weighted by Crippen LogP contribution is -2.31. The van der Waals surface area contributed by atoms with Crippen molar-refractivity contribution in [2.75, 3.05) is 0 Å². The van der Waals surface area contributed by atoms with Gasteiger partial charge in [0.2, 0.25) is 0 Å². The maximum absolute atomic E-state index is 10.1. The largest absolute Gasteiger partial charge is 0.408 e. The van der Waals surface area contributed by atoms with E-state index in [1.165, 1.54) is 6.26 Å². The standard InChI is InChI=1S/C4H6N3O3P/c5-4(8)6-10-3-1-2-9-7-11-3/h1-2,7H,(H3,5,6,8). The van der Waals surface area contributed by atoms with Crippen molar-refractivity contribution in [1.82, 2.24) is 10.7 Å². The van der Waals surface area contributed by atoms with E-state index in [4.69, 9.17) is 10.6 Å². The molecule has 0 radical (unpaired) electrons. The lowest BCUT2D eigenvalue weighted by molar-refractivity contribution is 0.177. The molecular weight excluding hydrogens is 169 g/mol. The van der Waals surface area contributed by atoms with Crippen LogP contribution in [-0.4, -0.2) is 11.5 Å². The topological polar surface area (TPSA) is 85.6 Å². The van der Waals surface area contributed by atoms with Gasteiger partial charge in [-0.25, -0.2) is 15.1 Å². The normalized spacial score (nSPS) is 16.5. The van der Waals surface area contributed by atoms with Crippen LogP contribution in [0.1, 0.15) is 0 Å². The Balaban J connectivity index is 2.31. The molecule has 60 valence electrons. The number of urea groups is 1. The Labute approximate surface area is 64.1 Å². The molecule has 6 nitrogen and oxygen atoms in total. The van der Waals surface area contributed by atoms with Gasteiger partial charge in [-0.15, -0.1) is 5.25 Å². The van der Waals surface area contributed by atoms with E-state index in [-0.39, 0.29) is 0 Å². The van der Waals surface area contributed by atoms with E-state index in [1.807, 2.05) is 5.48 Å². The van der Waals surface area contributed by atoms with E-state index >= 15 is 0 Å². The summed E-state index contributed by atoms with van der Waals surface area (Å²) in [6.07, 6.45) is 2.93. The first kappa shape index (κ1) is 8.00. The molecule has 0 bridgehead atoms. The minimum atomic E-state index is -0.743. The second-order valence-electron chi connectivity index (χ2n) is 1.53. The highest BCUT2D eigenvalue weighted by Crippen LogP contribution is 2.01. The van der Waals surface area contributed by atoms with Crippen LogP contribution in [0.2, 0.25) is 0 Å². The number of hydrogen-bond donors (Lipinski definition) is 3. The van der Waals surface area contributed by atoms with Crippen LogP contribution in [-0.2, 0) is 9.68 Å². The average Bonchev–Trinajstić information content (AvgIpc) is 2.03. The van der Waals surface area contributed by atoms with Crippen molar-refractivity contribution in [2.24, 2.45) is 5.73 Å². The SMILES string of the molecule is NC(=O)NOC1=PNOC=C1. The quantitative estimate of drug-likeness (QED) is 0.394. The Hall–Kier alpha value is -1.10. The molecule has 1 aliphatic rings. The van der Waals surface area contributed by atoms with Crippen LogP contribution in [0.25, 0.3) is 0 Å². The van der Waals surface area contributed by atoms with Gasteiger partial charge in [-0.2, -0.15) is 0 Å². The fraction of sp³-hybridized carbons (Fsp3) is 0. The average molecular weight is 175 g/mol. The Kier molecular flexibility index (Phi) is 2.85.